The Morgan fingerprint density at radius 1 is 1.15 bits per heavy atom. The number of hydrogen-bond acceptors (Lipinski definition) is 5. The minimum Gasteiger partial charge on any atom is -0.439 e. The van der Waals surface area contributed by atoms with Gasteiger partial charge in [-0.1, -0.05) is 23.2 Å². The van der Waals surface area contributed by atoms with Crippen LogP contribution in [0, 0.1) is 6.92 Å². The maximum absolute atomic E-state index is 12.7. The SMILES string of the molecule is Cc1c(-c2ccc(Oc3cc(Cl)cc(Cl)c3)nc2)sc2c1c(=O)[nH]c(=O)n2CCC(F)(F)F. The van der Waals surface area contributed by atoms with E-state index in [9.17, 15) is 22.8 Å². The van der Waals surface area contributed by atoms with Crippen molar-refractivity contribution >= 4 is 44.8 Å². The number of alkyl halides is 3. The van der Waals surface area contributed by atoms with Crippen molar-refractivity contribution in [3.63, 3.8) is 0 Å². The number of thiophene rings is 1. The molecule has 0 aliphatic carbocycles. The number of aryl methyl sites for hydroxylation is 2. The fraction of sp³-hybridized carbons (Fsp3) is 0.190. The van der Waals surface area contributed by atoms with Crippen molar-refractivity contribution < 1.29 is 17.9 Å². The summed E-state index contributed by atoms with van der Waals surface area (Å²) in [5, 5.41) is 0.972. The van der Waals surface area contributed by atoms with E-state index < -0.39 is 30.4 Å². The molecule has 4 aromatic rings. The number of halogens is 5. The Bertz CT molecular complexity index is 1440. The van der Waals surface area contributed by atoms with Crippen molar-refractivity contribution in [1.29, 1.82) is 0 Å². The van der Waals surface area contributed by atoms with Crippen molar-refractivity contribution in [2.45, 2.75) is 26.1 Å². The van der Waals surface area contributed by atoms with Crippen LogP contribution in [0.1, 0.15) is 12.0 Å². The molecule has 3 heterocycles. The van der Waals surface area contributed by atoms with E-state index in [0.29, 0.717) is 31.8 Å². The largest absolute Gasteiger partial charge is 0.439 e. The monoisotopic (exact) mass is 515 g/mol. The quantitative estimate of drug-likeness (QED) is 0.344. The fourth-order valence-electron chi connectivity index (χ4n) is 3.28. The molecule has 0 aliphatic rings. The van der Waals surface area contributed by atoms with Crippen LogP contribution in [-0.4, -0.2) is 20.7 Å². The summed E-state index contributed by atoms with van der Waals surface area (Å²) in [6.07, 6.45) is -4.13. The second-order valence-electron chi connectivity index (χ2n) is 7.10. The second-order valence-corrected chi connectivity index (χ2v) is 8.98. The van der Waals surface area contributed by atoms with Gasteiger partial charge in [0.05, 0.1) is 11.8 Å². The van der Waals surface area contributed by atoms with Gasteiger partial charge in [0.15, 0.2) is 0 Å². The molecule has 0 fully saturated rings. The number of fused-ring (bicyclic) bond motifs is 1. The average molecular weight is 516 g/mol. The summed E-state index contributed by atoms with van der Waals surface area (Å²) >= 11 is 13.0. The van der Waals surface area contributed by atoms with E-state index in [1.165, 1.54) is 6.20 Å². The van der Waals surface area contributed by atoms with E-state index >= 15 is 0 Å². The third-order valence-corrected chi connectivity index (χ3v) is 6.54. The number of nitrogens with zero attached hydrogens (tertiary/aromatic N) is 2. The number of nitrogens with one attached hydrogen (secondary N) is 1. The van der Waals surface area contributed by atoms with Gasteiger partial charge in [0.1, 0.15) is 10.6 Å². The molecule has 0 amide bonds. The van der Waals surface area contributed by atoms with E-state index in [1.807, 2.05) is 0 Å². The van der Waals surface area contributed by atoms with Crippen LogP contribution in [0.15, 0.2) is 46.1 Å². The van der Waals surface area contributed by atoms with Gasteiger partial charge in [0.25, 0.3) is 5.56 Å². The van der Waals surface area contributed by atoms with Crippen LogP contribution in [-0.2, 0) is 6.54 Å². The van der Waals surface area contributed by atoms with Gasteiger partial charge < -0.3 is 4.74 Å². The van der Waals surface area contributed by atoms with Crippen LogP contribution in [0.2, 0.25) is 10.0 Å². The lowest BCUT2D eigenvalue weighted by molar-refractivity contribution is -0.136. The van der Waals surface area contributed by atoms with E-state index in [0.717, 1.165) is 15.9 Å². The summed E-state index contributed by atoms with van der Waals surface area (Å²) in [5.74, 6) is 0.654. The summed E-state index contributed by atoms with van der Waals surface area (Å²) in [5.41, 5.74) is -0.385. The van der Waals surface area contributed by atoms with Crippen molar-refractivity contribution in [2.24, 2.45) is 0 Å². The first-order chi connectivity index (χ1) is 15.5. The molecule has 1 N–H and O–H groups in total. The maximum atomic E-state index is 12.7. The Morgan fingerprint density at radius 3 is 2.45 bits per heavy atom. The molecule has 12 heteroatoms. The zero-order chi connectivity index (χ0) is 23.9. The summed E-state index contributed by atoms with van der Waals surface area (Å²) in [6, 6.07) is 8.00. The first-order valence-corrected chi connectivity index (χ1v) is 11.0. The van der Waals surface area contributed by atoms with Gasteiger partial charge >= 0.3 is 11.9 Å². The highest BCUT2D eigenvalue weighted by atomic mass is 35.5. The summed E-state index contributed by atoms with van der Waals surface area (Å²) in [4.78, 5) is 31.7. The molecular weight excluding hydrogens is 502 g/mol. The predicted octanol–water partition coefficient (Wildman–Crippen LogP) is 6.17. The molecule has 3 aromatic heterocycles. The lowest BCUT2D eigenvalue weighted by atomic mass is 10.1. The molecule has 0 spiro atoms. The van der Waals surface area contributed by atoms with Crippen LogP contribution in [0.4, 0.5) is 13.2 Å². The van der Waals surface area contributed by atoms with Gasteiger partial charge in [-0.2, -0.15) is 13.2 Å². The van der Waals surface area contributed by atoms with Crippen molar-refractivity contribution in [1.82, 2.24) is 14.5 Å². The molecule has 0 atom stereocenters. The van der Waals surface area contributed by atoms with Crippen molar-refractivity contribution in [2.75, 3.05) is 0 Å². The predicted molar refractivity (Wildman–Crippen MR) is 122 cm³/mol. The molecule has 172 valence electrons. The summed E-state index contributed by atoms with van der Waals surface area (Å²) < 4.78 is 44.8. The van der Waals surface area contributed by atoms with Gasteiger partial charge in [-0.05, 0) is 36.8 Å². The first-order valence-electron chi connectivity index (χ1n) is 9.45. The standard InChI is InChI=1S/C21H14Cl2F3N3O3S/c1-10-16-18(30)28-20(31)29(5-4-21(24,25)26)19(16)33-17(10)11-2-3-15(27-9-11)32-14-7-12(22)6-13(23)8-14/h2-3,6-9H,4-5H2,1H3,(H,28,30,31). The first kappa shape index (κ1) is 23.3. The van der Waals surface area contributed by atoms with Crippen LogP contribution < -0.4 is 16.0 Å². The molecule has 0 saturated carbocycles. The third kappa shape index (κ3) is 5.07. The average Bonchev–Trinajstić information content (AvgIpc) is 3.04. The Labute approximate surface area is 198 Å². The Morgan fingerprint density at radius 2 is 1.85 bits per heavy atom. The number of aromatic nitrogens is 3. The molecule has 6 nitrogen and oxygen atoms in total. The number of ether oxygens (including phenoxy) is 1. The van der Waals surface area contributed by atoms with E-state index in [1.54, 1.807) is 37.3 Å². The van der Waals surface area contributed by atoms with Gasteiger partial charge in [-0.15, -0.1) is 11.3 Å². The number of benzene rings is 1. The third-order valence-electron chi connectivity index (χ3n) is 4.74. The minimum atomic E-state index is -4.44. The van der Waals surface area contributed by atoms with Crippen molar-refractivity contribution in [3.8, 4) is 22.1 Å². The van der Waals surface area contributed by atoms with Gasteiger partial charge in [0, 0.05) is 39.3 Å². The molecule has 0 bridgehead atoms. The Hall–Kier alpha value is -2.82. The Kier molecular flexibility index (Phi) is 6.26. The Balaban J connectivity index is 1.71. The maximum Gasteiger partial charge on any atom is 0.390 e. The molecular formula is C21H14Cl2F3N3O3S. The molecule has 1 aromatic carbocycles. The van der Waals surface area contributed by atoms with E-state index in [-0.39, 0.29) is 16.1 Å². The molecule has 33 heavy (non-hydrogen) atoms. The summed E-state index contributed by atoms with van der Waals surface area (Å²) in [7, 11) is 0. The highest BCUT2D eigenvalue weighted by Crippen LogP contribution is 2.37. The number of aromatic amines is 1. The molecule has 0 aliphatic heterocycles. The number of H-pyrrole nitrogens is 1. The molecule has 0 radical (unpaired) electrons. The topological polar surface area (TPSA) is 77.0 Å². The van der Waals surface area contributed by atoms with Crippen LogP contribution in [0.25, 0.3) is 20.7 Å². The van der Waals surface area contributed by atoms with Crippen LogP contribution >= 0.6 is 34.5 Å². The number of pyridine rings is 1. The minimum absolute atomic E-state index is 0.172. The van der Waals surface area contributed by atoms with Gasteiger partial charge in [-0.25, -0.2) is 9.78 Å². The lowest BCUT2D eigenvalue weighted by Gasteiger charge is -2.09. The second kappa shape index (κ2) is 8.85. The summed E-state index contributed by atoms with van der Waals surface area (Å²) in [6.45, 7) is 1.07. The van der Waals surface area contributed by atoms with E-state index in [4.69, 9.17) is 27.9 Å². The molecule has 4 rings (SSSR count). The molecule has 0 saturated heterocycles. The zero-order valence-electron chi connectivity index (χ0n) is 16.8. The lowest BCUT2D eigenvalue weighted by Crippen LogP contribution is -2.31. The fourth-order valence-corrected chi connectivity index (χ4v) is 5.10. The van der Waals surface area contributed by atoms with Crippen molar-refractivity contribution in [3.05, 3.63) is 73.0 Å². The highest BCUT2D eigenvalue weighted by Gasteiger charge is 2.28. The van der Waals surface area contributed by atoms with Gasteiger partial charge in [-0.3, -0.25) is 14.3 Å². The molecule has 0 unspecified atom stereocenters. The highest BCUT2D eigenvalue weighted by molar-refractivity contribution is 7.22. The van der Waals surface area contributed by atoms with Crippen LogP contribution in [0.5, 0.6) is 11.6 Å². The van der Waals surface area contributed by atoms with Gasteiger partial charge in [0.2, 0.25) is 5.88 Å². The van der Waals surface area contributed by atoms with Crippen LogP contribution in [0.3, 0.4) is 0 Å². The number of hydrogen-bond donors (Lipinski definition) is 1. The number of rotatable bonds is 5. The van der Waals surface area contributed by atoms with E-state index in [2.05, 4.69) is 9.97 Å². The zero-order valence-corrected chi connectivity index (χ0v) is 19.1. The smallest absolute Gasteiger partial charge is 0.390 e. The normalized spacial score (nSPS) is 11.8.